The summed E-state index contributed by atoms with van der Waals surface area (Å²) in [7, 11) is 1.63. The van der Waals surface area contributed by atoms with Gasteiger partial charge >= 0.3 is 5.97 Å². The van der Waals surface area contributed by atoms with Gasteiger partial charge in [-0.2, -0.15) is 0 Å². The number of para-hydroxylation sites is 2. The van der Waals surface area contributed by atoms with Crippen LogP contribution in [0.15, 0.2) is 24.3 Å². The molecule has 1 saturated carbocycles. The number of rotatable bonds is 5. The zero-order chi connectivity index (χ0) is 13.9. The van der Waals surface area contributed by atoms with E-state index < -0.39 is 5.54 Å². The van der Waals surface area contributed by atoms with Gasteiger partial charge in [0, 0.05) is 0 Å². The smallest absolute Gasteiger partial charge is 0.331 e. The molecule has 0 heterocycles. The van der Waals surface area contributed by atoms with Gasteiger partial charge in [-0.25, -0.2) is 4.79 Å². The number of esters is 1. The fourth-order valence-electron chi connectivity index (χ4n) is 2.72. The van der Waals surface area contributed by atoms with Crippen molar-refractivity contribution in [1.29, 1.82) is 0 Å². The molecule has 1 aromatic rings. The van der Waals surface area contributed by atoms with Gasteiger partial charge < -0.3 is 14.8 Å². The summed E-state index contributed by atoms with van der Waals surface area (Å²) in [6, 6.07) is 7.63. The van der Waals surface area contributed by atoms with Crippen LogP contribution < -0.4 is 10.1 Å². The molecule has 2 rings (SSSR count). The molecule has 1 aliphatic carbocycles. The third kappa shape index (κ3) is 2.67. The summed E-state index contributed by atoms with van der Waals surface area (Å²) in [6.45, 7) is 4.38. The summed E-state index contributed by atoms with van der Waals surface area (Å²) in [5.41, 5.74) is 0.245. The molecule has 0 bridgehead atoms. The zero-order valence-electron chi connectivity index (χ0n) is 11.7. The summed E-state index contributed by atoms with van der Waals surface area (Å²) in [5, 5.41) is 3.33. The number of anilines is 1. The van der Waals surface area contributed by atoms with Gasteiger partial charge in [0.2, 0.25) is 0 Å². The molecule has 1 aromatic carbocycles. The van der Waals surface area contributed by atoms with E-state index in [1.54, 1.807) is 7.11 Å². The van der Waals surface area contributed by atoms with Crippen LogP contribution >= 0.6 is 0 Å². The van der Waals surface area contributed by atoms with E-state index in [1.807, 2.05) is 31.2 Å². The molecule has 0 saturated heterocycles. The van der Waals surface area contributed by atoms with E-state index >= 15 is 0 Å². The molecule has 4 heteroatoms. The van der Waals surface area contributed by atoms with Crippen LogP contribution in [0.1, 0.15) is 26.7 Å². The monoisotopic (exact) mass is 263 g/mol. The van der Waals surface area contributed by atoms with E-state index in [0.29, 0.717) is 12.5 Å². The van der Waals surface area contributed by atoms with E-state index in [0.717, 1.165) is 24.3 Å². The molecule has 4 nitrogen and oxygen atoms in total. The highest BCUT2D eigenvalue weighted by atomic mass is 16.5. The van der Waals surface area contributed by atoms with Gasteiger partial charge in [-0.15, -0.1) is 0 Å². The topological polar surface area (TPSA) is 47.6 Å². The number of hydrogen-bond donors (Lipinski definition) is 1. The highest BCUT2D eigenvalue weighted by molar-refractivity contribution is 5.86. The second-order valence-corrected chi connectivity index (χ2v) is 5.14. The van der Waals surface area contributed by atoms with Crippen molar-refractivity contribution in [2.24, 2.45) is 5.92 Å². The van der Waals surface area contributed by atoms with E-state index in [2.05, 4.69) is 12.2 Å². The Labute approximate surface area is 114 Å². The molecule has 19 heavy (non-hydrogen) atoms. The average Bonchev–Trinajstić information content (AvgIpc) is 2.37. The lowest BCUT2D eigenvalue weighted by Gasteiger charge is -2.45. The van der Waals surface area contributed by atoms with Gasteiger partial charge in [-0.05, 0) is 37.8 Å². The zero-order valence-corrected chi connectivity index (χ0v) is 11.7. The minimum Gasteiger partial charge on any atom is -0.495 e. The largest absolute Gasteiger partial charge is 0.495 e. The molecule has 0 atom stereocenters. The molecular weight excluding hydrogens is 242 g/mol. The first-order valence-corrected chi connectivity index (χ1v) is 6.69. The van der Waals surface area contributed by atoms with Crippen molar-refractivity contribution in [2.45, 2.75) is 32.2 Å². The highest BCUT2D eigenvalue weighted by Gasteiger charge is 2.50. The number of carbonyl (C=O) groups is 1. The van der Waals surface area contributed by atoms with Crippen molar-refractivity contribution >= 4 is 11.7 Å². The Morgan fingerprint density at radius 1 is 1.42 bits per heavy atom. The Bertz CT molecular complexity index is 452. The Morgan fingerprint density at radius 2 is 2.11 bits per heavy atom. The van der Waals surface area contributed by atoms with E-state index in [9.17, 15) is 4.79 Å². The van der Waals surface area contributed by atoms with Crippen LogP contribution in [0.4, 0.5) is 5.69 Å². The minimum atomic E-state index is -0.593. The molecule has 1 N–H and O–H groups in total. The second-order valence-electron chi connectivity index (χ2n) is 5.14. The van der Waals surface area contributed by atoms with Gasteiger partial charge in [0.05, 0.1) is 19.4 Å². The number of nitrogens with one attached hydrogen (secondary N) is 1. The summed E-state index contributed by atoms with van der Waals surface area (Å²) in [5.74, 6) is 1.11. The first kappa shape index (κ1) is 13.7. The molecule has 1 aliphatic rings. The maximum atomic E-state index is 12.2. The molecule has 0 aliphatic heterocycles. The molecule has 104 valence electrons. The average molecular weight is 263 g/mol. The Morgan fingerprint density at radius 3 is 2.68 bits per heavy atom. The Balaban J connectivity index is 2.19. The van der Waals surface area contributed by atoms with Gasteiger partial charge in [-0.3, -0.25) is 0 Å². The minimum absolute atomic E-state index is 0.168. The van der Waals surface area contributed by atoms with Crippen LogP contribution in [-0.2, 0) is 9.53 Å². The first-order chi connectivity index (χ1) is 9.11. The molecule has 1 fully saturated rings. The SMILES string of the molecule is CCOC(=O)C1(Nc2ccccc2OC)CC(C)C1. The summed E-state index contributed by atoms with van der Waals surface area (Å²) < 4.78 is 10.5. The fourth-order valence-corrected chi connectivity index (χ4v) is 2.72. The summed E-state index contributed by atoms with van der Waals surface area (Å²) in [4.78, 5) is 12.2. The van der Waals surface area contributed by atoms with Gasteiger partial charge in [0.1, 0.15) is 11.3 Å². The lowest BCUT2D eigenvalue weighted by molar-refractivity contribution is -0.153. The molecule has 0 radical (unpaired) electrons. The Kier molecular flexibility index (Phi) is 3.98. The maximum absolute atomic E-state index is 12.2. The third-order valence-electron chi connectivity index (χ3n) is 3.54. The Hall–Kier alpha value is -1.71. The van der Waals surface area contributed by atoms with Crippen molar-refractivity contribution in [2.75, 3.05) is 19.0 Å². The van der Waals surface area contributed by atoms with Crippen LogP contribution in [0.5, 0.6) is 5.75 Å². The van der Waals surface area contributed by atoms with Crippen LogP contribution in [0.2, 0.25) is 0 Å². The molecule has 0 aromatic heterocycles. The number of carbonyl (C=O) groups excluding carboxylic acids is 1. The van der Waals surface area contributed by atoms with Gasteiger partial charge in [0.25, 0.3) is 0 Å². The van der Waals surface area contributed by atoms with Crippen LogP contribution in [-0.4, -0.2) is 25.2 Å². The standard InChI is InChI=1S/C15H21NO3/c1-4-19-14(17)15(9-11(2)10-15)16-12-7-5-6-8-13(12)18-3/h5-8,11,16H,4,9-10H2,1-3H3. The summed E-state index contributed by atoms with van der Waals surface area (Å²) in [6.07, 6.45) is 1.59. The first-order valence-electron chi connectivity index (χ1n) is 6.69. The van der Waals surface area contributed by atoms with E-state index in [1.165, 1.54) is 0 Å². The summed E-state index contributed by atoms with van der Waals surface area (Å²) >= 11 is 0. The van der Waals surface area contributed by atoms with Crippen molar-refractivity contribution in [3.63, 3.8) is 0 Å². The fraction of sp³-hybridized carbons (Fsp3) is 0.533. The van der Waals surface area contributed by atoms with Gasteiger partial charge in [-0.1, -0.05) is 19.1 Å². The van der Waals surface area contributed by atoms with E-state index in [4.69, 9.17) is 9.47 Å². The number of ether oxygens (including phenoxy) is 2. The molecular formula is C15H21NO3. The van der Waals surface area contributed by atoms with Crippen molar-refractivity contribution < 1.29 is 14.3 Å². The maximum Gasteiger partial charge on any atom is 0.331 e. The van der Waals surface area contributed by atoms with Crippen LogP contribution in [0.25, 0.3) is 0 Å². The number of hydrogen-bond acceptors (Lipinski definition) is 4. The lowest BCUT2D eigenvalue weighted by atomic mass is 9.69. The predicted molar refractivity (Wildman–Crippen MR) is 74.4 cm³/mol. The normalized spacial score (nSPS) is 25.3. The van der Waals surface area contributed by atoms with Gasteiger partial charge in [0.15, 0.2) is 0 Å². The lowest BCUT2D eigenvalue weighted by Crippen LogP contribution is -2.56. The quantitative estimate of drug-likeness (QED) is 0.830. The molecule has 0 unspecified atom stereocenters. The van der Waals surface area contributed by atoms with E-state index in [-0.39, 0.29) is 5.97 Å². The predicted octanol–water partition coefficient (Wildman–Crippen LogP) is 2.84. The molecule has 0 amide bonds. The number of methoxy groups -OCH3 is 1. The number of benzene rings is 1. The van der Waals surface area contributed by atoms with Crippen molar-refractivity contribution in [1.82, 2.24) is 0 Å². The second kappa shape index (κ2) is 5.51. The van der Waals surface area contributed by atoms with Crippen molar-refractivity contribution in [3.05, 3.63) is 24.3 Å². The van der Waals surface area contributed by atoms with Crippen LogP contribution in [0.3, 0.4) is 0 Å². The van der Waals surface area contributed by atoms with Crippen LogP contribution in [0, 0.1) is 5.92 Å². The third-order valence-corrected chi connectivity index (χ3v) is 3.54. The molecule has 0 spiro atoms. The highest BCUT2D eigenvalue weighted by Crippen LogP contribution is 2.42. The van der Waals surface area contributed by atoms with Crippen molar-refractivity contribution in [3.8, 4) is 5.75 Å².